The average molecular weight is 281 g/mol. The third-order valence-electron chi connectivity index (χ3n) is 2.47. The predicted molar refractivity (Wildman–Crippen MR) is 70.0 cm³/mol. The van der Waals surface area contributed by atoms with Gasteiger partial charge in [0, 0.05) is 5.02 Å². The largest absolute Gasteiger partial charge is 0.338 e. The fourth-order valence-electron chi connectivity index (χ4n) is 1.67. The van der Waals surface area contributed by atoms with Gasteiger partial charge in [-0.05, 0) is 24.3 Å². The lowest BCUT2D eigenvalue weighted by atomic mass is 10.3. The highest BCUT2D eigenvalue weighted by atomic mass is 35.5. The molecule has 0 fully saturated rings. The van der Waals surface area contributed by atoms with Gasteiger partial charge in [-0.25, -0.2) is 10.1 Å². The summed E-state index contributed by atoms with van der Waals surface area (Å²) in [7, 11) is 0. The van der Waals surface area contributed by atoms with Crippen LogP contribution in [-0.4, -0.2) is 20.2 Å². The molecule has 7 heteroatoms. The van der Waals surface area contributed by atoms with Crippen LogP contribution in [0.1, 0.15) is 0 Å². The van der Waals surface area contributed by atoms with E-state index in [1.54, 1.807) is 18.2 Å². The fraction of sp³-hybridized carbons (Fsp3) is 0. The van der Waals surface area contributed by atoms with Crippen molar-refractivity contribution in [1.29, 1.82) is 0 Å². The van der Waals surface area contributed by atoms with Crippen LogP contribution in [0.3, 0.4) is 0 Å². The minimum Gasteiger partial charge on any atom is -0.338 e. The number of hydrogen-bond acceptors (Lipinski definition) is 3. The van der Waals surface area contributed by atoms with Gasteiger partial charge >= 0.3 is 0 Å². The second kappa shape index (κ2) is 4.12. The molecule has 0 saturated carbocycles. The molecule has 2 heterocycles. The molecule has 1 aromatic carbocycles. The zero-order chi connectivity index (χ0) is 12.7. The Hall–Kier alpha value is -1.85. The Balaban J connectivity index is 2.25. The van der Waals surface area contributed by atoms with Gasteiger partial charge in [0.05, 0.1) is 16.6 Å². The average Bonchev–Trinajstić information content (AvgIpc) is 2.74. The Bertz CT molecular complexity index is 793. The van der Waals surface area contributed by atoms with E-state index in [9.17, 15) is 4.79 Å². The number of fused-ring (bicyclic) bond motifs is 1. The molecule has 90 valence electrons. The molecule has 0 aliphatic rings. The van der Waals surface area contributed by atoms with E-state index < -0.39 is 0 Å². The van der Waals surface area contributed by atoms with Gasteiger partial charge in [0.2, 0.25) is 0 Å². The van der Waals surface area contributed by atoms with Crippen molar-refractivity contribution in [3.8, 4) is 11.4 Å². The highest BCUT2D eigenvalue weighted by Gasteiger charge is 2.10. The van der Waals surface area contributed by atoms with E-state index in [4.69, 9.17) is 23.2 Å². The van der Waals surface area contributed by atoms with Gasteiger partial charge in [-0.15, -0.1) is 0 Å². The lowest BCUT2D eigenvalue weighted by Crippen LogP contribution is -2.11. The molecule has 18 heavy (non-hydrogen) atoms. The third-order valence-corrected chi connectivity index (χ3v) is 2.90. The Morgan fingerprint density at radius 2 is 2.00 bits per heavy atom. The molecule has 3 rings (SSSR count). The van der Waals surface area contributed by atoms with Gasteiger partial charge in [0.1, 0.15) is 11.0 Å². The molecule has 0 aliphatic heterocycles. The molecule has 5 nitrogen and oxygen atoms in total. The summed E-state index contributed by atoms with van der Waals surface area (Å²) in [5.74, 6) is 0.429. The van der Waals surface area contributed by atoms with E-state index in [1.165, 1.54) is 6.07 Å². The van der Waals surface area contributed by atoms with Gasteiger partial charge in [0.15, 0.2) is 0 Å². The van der Waals surface area contributed by atoms with Crippen LogP contribution in [0.25, 0.3) is 22.4 Å². The van der Waals surface area contributed by atoms with E-state index in [2.05, 4.69) is 20.2 Å². The molecule has 2 N–H and O–H groups in total. The number of aromatic nitrogens is 4. The Morgan fingerprint density at radius 1 is 1.17 bits per heavy atom. The van der Waals surface area contributed by atoms with Gasteiger partial charge in [-0.3, -0.25) is 4.79 Å². The number of benzene rings is 1. The van der Waals surface area contributed by atoms with E-state index in [0.29, 0.717) is 16.4 Å². The van der Waals surface area contributed by atoms with E-state index in [-0.39, 0.29) is 10.7 Å². The molecule has 0 spiro atoms. The van der Waals surface area contributed by atoms with Crippen LogP contribution in [0.5, 0.6) is 0 Å². The van der Waals surface area contributed by atoms with Crippen molar-refractivity contribution in [1.82, 2.24) is 20.2 Å². The molecule has 0 unspecified atom stereocenters. The van der Waals surface area contributed by atoms with Crippen molar-refractivity contribution in [2.24, 2.45) is 0 Å². The highest BCUT2D eigenvalue weighted by molar-refractivity contribution is 6.31. The quantitative estimate of drug-likeness (QED) is 0.720. The number of H-pyrrole nitrogens is 2. The first-order valence-electron chi connectivity index (χ1n) is 5.04. The van der Waals surface area contributed by atoms with Crippen molar-refractivity contribution in [2.45, 2.75) is 0 Å². The lowest BCUT2D eigenvalue weighted by molar-refractivity contribution is 0.987. The second-order valence-corrected chi connectivity index (χ2v) is 4.50. The molecule has 0 bridgehead atoms. The standard InChI is InChI=1S/C11H6Cl2N4O/c12-5-1-2-7-8(3-5)15-10(14-7)6-4-9(13)16-17-11(6)18/h1-4H,(H,14,15)(H,17,18). The number of rotatable bonds is 1. The summed E-state index contributed by atoms with van der Waals surface area (Å²) in [6.45, 7) is 0. The minimum absolute atomic E-state index is 0.197. The molecular formula is C11H6Cl2N4O. The fourth-order valence-corrected chi connectivity index (χ4v) is 1.99. The maximum absolute atomic E-state index is 11.7. The summed E-state index contributed by atoms with van der Waals surface area (Å²) in [5.41, 5.74) is 1.46. The summed E-state index contributed by atoms with van der Waals surface area (Å²) >= 11 is 11.6. The highest BCUT2D eigenvalue weighted by Crippen LogP contribution is 2.21. The van der Waals surface area contributed by atoms with Crippen LogP contribution in [0, 0.1) is 0 Å². The Labute approximate surface area is 111 Å². The summed E-state index contributed by atoms with van der Waals surface area (Å²) in [6, 6.07) is 6.71. The topological polar surface area (TPSA) is 74.4 Å². The number of nitrogens with one attached hydrogen (secondary N) is 2. The van der Waals surface area contributed by atoms with Gasteiger partial charge in [-0.1, -0.05) is 23.2 Å². The number of halogens is 2. The van der Waals surface area contributed by atoms with Gasteiger partial charge in [-0.2, -0.15) is 5.10 Å². The number of aromatic amines is 2. The van der Waals surface area contributed by atoms with Crippen molar-refractivity contribution >= 4 is 34.2 Å². The number of hydrogen-bond donors (Lipinski definition) is 2. The van der Waals surface area contributed by atoms with Crippen LogP contribution in [0.15, 0.2) is 29.1 Å². The molecule has 0 saturated heterocycles. The SMILES string of the molecule is O=c1[nH]nc(Cl)cc1-c1nc2ccc(Cl)cc2[nH]1. The van der Waals surface area contributed by atoms with E-state index in [1.807, 2.05) is 0 Å². The molecule has 0 amide bonds. The second-order valence-electron chi connectivity index (χ2n) is 3.68. The van der Waals surface area contributed by atoms with Crippen molar-refractivity contribution < 1.29 is 0 Å². The smallest absolute Gasteiger partial charge is 0.275 e. The maximum atomic E-state index is 11.7. The Kier molecular flexibility index (Phi) is 2.57. The first-order valence-corrected chi connectivity index (χ1v) is 5.80. The summed E-state index contributed by atoms with van der Waals surface area (Å²) < 4.78 is 0. The molecule has 0 atom stereocenters. The minimum atomic E-state index is -0.357. The van der Waals surface area contributed by atoms with Crippen LogP contribution in [0.2, 0.25) is 10.2 Å². The van der Waals surface area contributed by atoms with Crippen molar-refractivity contribution in [2.75, 3.05) is 0 Å². The summed E-state index contributed by atoms with van der Waals surface area (Å²) in [5, 5.41) is 6.69. The van der Waals surface area contributed by atoms with Crippen molar-refractivity contribution in [3.05, 3.63) is 44.8 Å². The van der Waals surface area contributed by atoms with Crippen LogP contribution in [0.4, 0.5) is 0 Å². The number of nitrogens with zero attached hydrogens (tertiary/aromatic N) is 2. The maximum Gasteiger partial charge on any atom is 0.275 e. The lowest BCUT2D eigenvalue weighted by Gasteiger charge is -1.94. The van der Waals surface area contributed by atoms with E-state index >= 15 is 0 Å². The summed E-state index contributed by atoms with van der Waals surface area (Å²) in [4.78, 5) is 19.0. The van der Waals surface area contributed by atoms with Crippen molar-refractivity contribution in [3.63, 3.8) is 0 Å². The molecular weight excluding hydrogens is 275 g/mol. The monoisotopic (exact) mass is 280 g/mol. The first kappa shape index (κ1) is 11.3. The molecule has 0 aliphatic carbocycles. The number of imidazole rings is 1. The third kappa shape index (κ3) is 1.87. The summed E-state index contributed by atoms with van der Waals surface area (Å²) in [6.07, 6.45) is 0. The Morgan fingerprint density at radius 3 is 2.83 bits per heavy atom. The van der Waals surface area contributed by atoms with Crippen LogP contribution in [-0.2, 0) is 0 Å². The predicted octanol–water partition coefficient (Wildman–Crippen LogP) is 2.62. The van der Waals surface area contributed by atoms with Crippen LogP contribution < -0.4 is 5.56 Å². The van der Waals surface area contributed by atoms with Gasteiger partial charge < -0.3 is 4.98 Å². The molecule has 3 aromatic rings. The molecule has 0 radical (unpaired) electrons. The van der Waals surface area contributed by atoms with Gasteiger partial charge in [0.25, 0.3) is 5.56 Å². The molecule has 2 aromatic heterocycles. The normalized spacial score (nSPS) is 11.0. The zero-order valence-electron chi connectivity index (χ0n) is 8.87. The van der Waals surface area contributed by atoms with Crippen LogP contribution >= 0.6 is 23.2 Å². The zero-order valence-corrected chi connectivity index (χ0v) is 10.4. The first-order chi connectivity index (χ1) is 8.63. The van der Waals surface area contributed by atoms with E-state index in [0.717, 1.165) is 11.0 Å².